The molecule has 0 aliphatic rings. The van der Waals surface area contributed by atoms with Crippen LogP contribution in [0.1, 0.15) is 106 Å². The fraction of sp³-hybridized carbons (Fsp3) is 0.516. The SMILES string of the molecule is CC=O.CCCC.CCCC.CCCCC(C)=O.Cc1cccc(-c2nc3ccccc3n2C(F)F)c1. The van der Waals surface area contributed by atoms with Crippen LogP contribution in [0.3, 0.4) is 0 Å². The van der Waals surface area contributed by atoms with Crippen LogP contribution in [0.5, 0.6) is 0 Å². The molecule has 0 spiro atoms. The number of ketones is 1. The average molecular weight is 519 g/mol. The molecule has 0 amide bonds. The number of aryl methyl sites for hydroxylation is 1. The second-order valence-electron chi connectivity index (χ2n) is 8.48. The summed E-state index contributed by atoms with van der Waals surface area (Å²) in [6.07, 6.45) is 8.96. The highest BCUT2D eigenvalue weighted by Crippen LogP contribution is 2.29. The summed E-state index contributed by atoms with van der Waals surface area (Å²) in [6.45, 7) is 13.2. The number of alkyl halides is 2. The van der Waals surface area contributed by atoms with E-state index in [1.54, 1.807) is 37.3 Å². The molecule has 37 heavy (non-hydrogen) atoms. The molecule has 6 heteroatoms. The lowest BCUT2D eigenvalue weighted by Crippen LogP contribution is -2.00. The molecular formula is C31H48F2N2O2. The molecule has 0 unspecified atom stereocenters. The van der Waals surface area contributed by atoms with Gasteiger partial charge >= 0.3 is 6.55 Å². The molecule has 0 saturated carbocycles. The van der Waals surface area contributed by atoms with Crippen molar-refractivity contribution in [2.24, 2.45) is 0 Å². The number of unbranched alkanes of at least 4 members (excludes halogenated alkanes) is 3. The van der Waals surface area contributed by atoms with Crippen molar-refractivity contribution in [2.75, 3.05) is 0 Å². The lowest BCUT2D eigenvalue weighted by Gasteiger charge is -2.08. The quantitative estimate of drug-likeness (QED) is 0.292. The summed E-state index contributed by atoms with van der Waals surface area (Å²) >= 11 is 0. The Labute approximate surface area is 223 Å². The van der Waals surface area contributed by atoms with Crippen LogP contribution in [-0.4, -0.2) is 21.6 Å². The average Bonchev–Trinajstić information content (AvgIpc) is 3.29. The summed E-state index contributed by atoms with van der Waals surface area (Å²) in [5.41, 5.74) is 2.76. The van der Waals surface area contributed by atoms with Gasteiger partial charge in [0.15, 0.2) is 0 Å². The van der Waals surface area contributed by atoms with E-state index < -0.39 is 6.55 Å². The molecule has 3 aromatic rings. The summed E-state index contributed by atoms with van der Waals surface area (Å²) in [7, 11) is 0. The number of carbonyl (C=O) groups excluding carboxylic acids is 2. The van der Waals surface area contributed by atoms with E-state index in [-0.39, 0.29) is 0 Å². The van der Waals surface area contributed by atoms with E-state index in [9.17, 15) is 13.6 Å². The maximum atomic E-state index is 13.3. The number of imidazole rings is 1. The maximum Gasteiger partial charge on any atom is 0.320 e. The van der Waals surface area contributed by atoms with Gasteiger partial charge in [-0.1, -0.05) is 103 Å². The van der Waals surface area contributed by atoms with Gasteiger partial charge in [-0.15, -0.1) is 0 Å². The van der Waals surface area contributed by atoms with Crippen molar-refractivity contribution in [1.29, 1.82) is 0 Å². The molecule has 1 aromatic heterocycles. The number of fused-ring (bicyclic) bond motifs is 1. The van der Waals surface area contributed by atoms with E-state index in [0.29, 0.717) is 28.2 Å². The van der Waals surface area contributed by atoms with Crippen molar-refractivity contribution in [1.82, 2.24) is 9.55 Å². The van der Waals surface area contributed by atoms with Gasteiger partial charge in [0, 0.05) is 12.0 Å². The molecule has 0 saturated heterocycles. The maximum absolute atomic E-state index is 13.3. The Bertz CT molecular complexity index is 976. The third-order valence-electron chi connectivity index (χ3n) is 4.95. The first kappa shape index (κ1) is 36.3. The molecule has 0 N–H and O–H groups in total. The fourth-order valence-electron chi connectivity index (χ4n) is 2.66. The van der Waals surface area contributed by atoms with Crippen molar-refractivity contribution in [3.05, 3.63) is 54.1 Å². The Balaban J connectivity index is 0. The molecule has 0 radical (unpaired) electrons. The van der Waals surface area contributed by atoms with Gasteiger partial charge in [0.25, 0.3) is 0 Å². The van der Waals surface area contributed by atoms with Crippen LogP contribution in [0.15, 0.2) is 48.5 Å². The number of Topliss-reactive ketones (excluding diaryl/α,β-unsaturated/α-hetero) is 1. The molecule has 0 bridgehead atoms. The Hall–Kier alpha value is -2.89. The lowest BCUT2D eigenvalue weighted by atomic mass is 10.1. The topological polar surface area (TPSA) is 52.0 Å². The van der Waals surface area contributed by atoms with Gasteiger partial charge in [0.05, 0.1) is 11.0 Å². The third-order valence-corrected chi connectivity index (χ3v) is 4.95. The number of carbonyl (C=O) groups is 2. The van der Waals surface area contributed by atoms with Gasteiger partial charge < -0.3 is 9.59 Å². The zero-order valence-corrected chi connectivity index (χ0v) is 24.2. The van der Waals surface area contributed by atoms with Crippen molar-refractivity contribution in [3.63, 3.8) is 0 Å². The first-order valence-corrected chi connectivity index (χ1v) is 13.4. The summed E-state index contributed by atoms with van der Waals surface area (Å²) in [4.78, 5) is 23.3. The standard InChI is InChI=1S/C15H12F2N2.C6H12O.2C4H10.C2H4O/c1-10-5-4-6-11(9-10)14-18-12-7-2-3-8-13(12)19(14)15(16)17;1-3-4-5-6(2)7;2*1-3-4-2;1-2-3/h2-9,15H,1H3;3-5H2,1-2H3;2*3-4H2,1-2H3;2H,1H3. The van der Waals surface area contributed by atoms with Gasteiger partial charge in [-0.05, 0) is 45.4 Å². The highest BCUT2D eigenvalue weighted by molar-refractivity contribution is 5.80. The van der Waals surface area contributed by atoms with Crippen LogP contribution < -0.4 is 0 Å². The Morgan fingerprint density at radius 3 is 1.86 bits per heavy atom. The van der Waals surface area contributed by atoms with Gasteiger partial charge in [-0.25, -0.2) is 4.98 Å². The van der Waals surface area contributed by atoms with Crippen LogP contribution in [0, 0.1) is 6.92 Å². The van der Waals surface area contributed by atoms with E-state index in [2.05, 4.69) is 39.6 Å². The first-order chi connectivity index (χ1) is 17.7. The smallest absolute Gasteiger partial charge is 0.304 e. The zero-order chi connectivity index (χ0) is 28.6. The third kappa shape index (κ3) is 16.5. The van der Waals surface area contributed by atoms with E-state index in [4.69, 9.17) is 4.79 Å². The number of rotatable bonds is 7. The summed E-state index contributed by atoms with van der Waals surface area (Å²) in [6, 6.07) is 14.4. The zero-order valence-electron chi connectivity index (χ0n) is 24.2. The first-order valence-electron chi connectivity index (χ1n) is 13.4. The molecule has 0 aliphatic heterocycles. The second-order valence-corrected chi connectivity index (χ2v) is 8.48. The highest BCUT2D eigenvalue weighted by atomic mass is 19.3. The van der Waals surface area contributed by atoms with Crippen LogP contribution >= 0.6 is 0 Å². The summed E-state index contributed by atoms with van der Waals surface area (Å²) in [5, 5.41) is 0. The number of hydrogen-bond donors (Lipinski definition) is 0. The van der Waals surface area contributed by atoms with Gasteiger partial charge in [-0.3, -0.25) is 4.57 Å². The predicted molar refractivity (Wildman–Crippen MR) is 154 cm³/mol. The number of nitrogens with zero attached hydrogens (tertiary/aromatic N) is 2. The number of aldehydes is 1. The van der Waals surface area contributed by atoms with Crippen molar-refractivity contribution in [2.45, 2.75) is 107 Å². The minimum absolute atomic E-state index is 0.305. The molecule has 4 nitrogen and oxygen atoms in total. The van der Waals surface area contributed by atoms with E-state index in [1.807, 2.05) is 25.1 Å². The summed E-state index contributed by atoms with van der Waals surface area (Å²) in [5.74, 6) is 0.613. The normalized spacial score (nSPS) is 9.49. The Morgan fingerprint density at radius 2 is 1.46 bits per heavy atom. The predicted octanol–water partition coefficient (Wildman–Crippen LogP) is 9.99. The molecule has 0 aliphatic carbocycles. The minimum Gasteiger partial charge on any atom is -0.304 e. The monoisotopic (exact) mass is 518 g/mol. The van der Waals surface area contributed by atoms with Crippen LogP contribution in [0.25, 0.3) is 22.4 Å². The minimum atomic E-state index is -2.61. The number of para-hydroxylation sites is 2. The largest absolute Gasteiger partial charge is 0.320 e. The van der Waals surface area contributed by atoms with E-state index >= 15 is 0 Å². The molecule has 2 aromatic carbocycles. The van der Waals surface area contributed by atoms with Crippen LogP contribution in [0.2, 0.25) is 0 Å². The lowest BCUT2D eigenvalue weighted by molar-refractivity contribution is -0.117. The van der Waals surface area contributed by atoms with Gasteiger partial charge in [-0.2, -0.15) is 8.78 Å². The van der Waals surface area contributed by atoms with Crippen LogP contribution in [0.4, 0.5) is 8.78 Å². The number of benzene rings is 2. The molecule has 3 rings (SSSR count). The van der Waals surface area contributed by atoms with E-state index in [1.165, 1.54) is 32.6 Å². The van der Waals surface area contributed by atoms with Gasteiger partial charge in [0.1, 0.15) is 17.9 Å². The second kappa shape index (κ2) is 23.5. The Kier molecular flexibility index (Phi) is 23.0. The molecule has 0 atom stereocenters. The molecule has 208 valence electrons. The van der Waals surface area contributed by atoms with Gasteiger partial charge in [0.2, 0.25) is 0 Å². The van der Waals surface area contributed by atoms with Crippen molar-refractivity contribution >= 4 is 23.1 Å². The number of aromatic nitrogens is 2. The van der Waals surface area contributed by atoms with Crippen molar-refractivity contribution in [3.8, 4) is 11.4 Å². The molecule has 0 fully saturated rings. The molecular weight excluding hydrogens is 470 g/mol. The number of hydrogen-bond acceptors (Lipinski definition) is 3. The van der Waals surface area contributed by atoms with Crippen LogP contribution in [-0.2, 0) is 9.59 Å². The fourth-order valence-corrected chi connectivity index (χ4v) is 2.66. The van der Waals surface area contributed by atoms with E-state index in [0.717, 1.165) is 35.7 Å². The number of halogens is 2. The molecule has 1 heterocycles. The highest BCUT2D eigenvalue weighted by Gasteiger charge is 2.18. The summed E-state index contributed by atoms with van der Waals surface area (Å²) < 4.78 is 27.6. The van der Waals surface area contributed by atoms with Crippen molar-refractivity contribution < 1.29 is 18.4 Å². The Morgan fingerprint density at radius 1 is 0.919 bits per heavy atom.